The first-order valence-corrected chi connectivity index (χ1v) is 12.0. The van der Waals surface area contributed by atoms with E-state index in [1.54, 1.807) is 0 Å². The normalized spacial score (nSPS) is 13.8. The van der Waals surface area contributed by atoms with Crippen molar-refractivity contribution in [2.45, 2.75) is 53.9 Å². The smallest absolute Gasteiger partial charge is 0.319 e. The fourth-order valence-electron chi connectivity index (χ4n) is 1.45. The topological polar surface area (TPSA) is 121 Å². The third-order valence-corrected chi connectivity index (χ3v) is 2.96. The molecule has 0 aliphatic rings. The van der Waals surface area contributed by atoms with Crippen molar-refractivity contribution in [2.75, 3.05) is 0 Å². The number of hydrogen-bond acceptors (Lipinski definition) is 2. The first kappa shape index (κ1) is 31.4. The quantitative estimate of drug-likeness (QED) is 0.281. The third kappa shape index (κ3) is 49.6. The van der Waals surface area contributed by atoms with Crippen molar-refractivity contribution in [2.24, 2.45) is 17.8 Å². The van der Waals surface area contributed by atoms with Crippen LogP contribution in [-0.2, 0) is 40.7 Å². The minimum atomic E-state index is -3.81. The van der Waals surface area contributed by atoms with Crippen LogP contribution in [0.4, 0.5) is 0 Å². The maximum atomic E-state index is 7.56. The second kappa shape index (κ2) is 16.1. The molecule has 0 saturated carbocycles. The van der Waals surface area contributed by atoms with Gasteiger partial charge in [-0.2, -0.15) is 0 Å². The zero-order chi connectivity index (χ0) is 17.9. The van der Waals surface area contributed by atoms with Crippen LogP contribution >= 0.6 is 13.4 Å². The Morgan fingerprint density at radius 1 is 0.818 bits per heavy atom. The molecule has 0 aromatic heterocycles. The number of rotatable bonds is 5. The molecule has 0 amide bonds. The Hall–Kier alpha value is 1.58. The number of unbranched alkanes of at least 4 members (excludes halogenated alkanes) is 1. The zero-order valence-corrected chi connectivity index (χ0v) is 17.9. The van der Waals surface area contributed by atoms with Crippen LogP contribution in [0, 0.1) is 17.8 Å². The van der Waals surface area contributed by atoms with E-state index in [9.17, 15) is 0 Å². The van der Waals surface area contributed by atoms with Gasteiger partial charge in [0.25, 0.3) is 0 Å². The molecule has 0 aliphatic carbocycles. The summed E-state index contributed by atoms with van der Waals surface area (Å²) in [6.07, 6.45) is 4.16. The summed E-state index contributed by atoms with van der Waals surface area (Å²) in [5.74, 6) is 2.65. The molecule has 6 nitrogen and oxygen atoms in total. The molecular formula is C11H30CuO6P2S2. The Kier molecular flexibility index (Phi) is 22.9. The van der Waals surface area contributed by atoms with Crippen LogP contribution < -0.4 is 0 Å². The van der Waals surface area contributed by atoms with Gasteiger partial charge in [0.15, 0.2) is 0 Å². The Labute approximate surface area is 155 Å². The van der Waals surface area contributed by atoms with Crippen LogP contribution in [0.1, 0.15) is 53.9 Å². The number of hydrogen-bond donors (Lipinski definition) is 6. The van der Waals surface area contributed by atoms with Crippen molar-refractivity contribution in [3.05, 3.63) is 0 Å². The maximum Gasteiger partial charge on any atom is 0.319 e. The SMILES string of the molecule is CCCCC(C)C(C)C(C)C.OP(O)(O)=S.OP(O)(O)=S.[Cu]. The first-order chi connectivity index (χ1) is 9.09. The van der Waals surface area contributed by atoms with Gasteiger partial charge in [0.1, 0.15) is 0 Å². The molecule has 0 aromatic carbocycles. The summed E-state index contributed by atoms with van der Waals surface area (Å²) in [5.41, 5.74) is 0. The molecule has 0 rings (SSSR count). The summed E-state index contributed by atoms with van der Waals surface area (Å²) in [7, 11) is 0. The third-order valence-electron chi connectivity index (χ3n) is 2.96. The zero-order valence-electron chi connectivity index (χ0n) is 13.5. The predicted octanol–water partition coefficient (Wildman–Crippen LogP) is 2.48. The van der Waals surface area contributed by atoms with E-state index >= 15 is 0 Å². The largest absolute Gasteiger partial charge is 0.325 e. The maximum absolute atomic E-state index is 7.56. The molecule has 0 heterocycles. The minimum Gasteiger partial charge on any atom is -0.325 e. The van der Waals surface area contributed by atoms with E-state index < -0.39 is 13.4 Å². The van der Waals surface area contributed by atoms with Gasteiger partial charge in [0, 0.05) is 17.1 Å². The summed E-state index contributed by atoms with van der Waals surface area (Å²) >= 11 is 7.21. The standard InChI is InChI=1S/C11H24.Cu.2H3O3PS/c1-6-7-8-10(4)11(5)9(2)3;;2*1-4(2,3)5/h9-11H,6-8H2,1-5H3;;2*(H3,1,2,3,5). The minimum absolute atomic E-state index is 0. The van der Waals surface area contributed by atoms with Gasteiger partial charge in [-0.3, -0.25) is 0 Å². The van der Waals surface area contributed by atoms with Crippen molar-refractivity contribution in [1.29, 1.82) is 0 Å². The van der Waals surface area contributed by atoms with Crippen molar-refractivity contribution in [1.82, 2.24) is 0 Å². The molecule has 0 aromatic rings. The fraction of sp³-hybridized carbons (Fsp3) is 1.00. The van der Waals surface area contributed by atoms with E-state index in [0.29, 0.717) is 0 Å². The molecule has 22 heavy (non-hydrogen) atoms. The van der Waals surface area contributed by atoms with Gasteiger partial charge in [0.05, 0.1) is 0 Å². The molecule has 0 spiro atoms. The summed E-state index contributed by atoms with van der Waals surface area (Å²) in [6, 6.07) is 0. The van der Waals surface area contributed by atoms with E-state index in [2.05, 4.69) is 58.2 Å². The van der Waals surface area contributed by atoms with Crippen LogP contribution in [-0.4, -0.2) is 29.4 Å². The second-order valence-electron chi connectivity index (χ2n) is 5.25. The molecule has 1 radical (unpaired) electrons. The van der Waals surface area contributed by atoms with E-state index in [0.717, 1.165) is 17.8 Å². The van der Waals surface area contributed by atoms with Crippen molar-refractivity contribution in [3.8, 4) is 0 Å². The molecule has 0 aliphatic heterocycles. The summed E-state index contributed by atoms with van der Waals surface area (Å²) in [4.78, 5) is 45.3. The van der Waals surface area contributed by atoms with Crippen molar-refractivity contribution >= 4 is 37.1 Å². The van der Waals surface area contributed by atoms with Gasteiger partial charge in [-0.25, -0.2) is 0 Å². The average molecular weight is 448 g/mol. The van der Waals surface area contributed by atoms with Crippen LogP contribution in [0.3, 0.4) is 0 Å². The fourth-order valence-corrected chi connectivity index (χ4v) is 1.45. The molecule has 0 bridgehead atoms. The summed E-state index contributed by atoms with van der Waals surface area (Å²) in [6.45, 7) is 4.08. The van der Waals surface area contributed by atoms with Gasteiger partial charge in [0.2, 0.25) is 0 Å². The predicted molar refractivity (Wildman–Crippen MR) is 94.6 cm³/mol. The second-order valence-corrected chi connectivity index (χ2v) is 10.2. The molecule has 0 fully saturated rings. The Morgan fingerprint density at radius 2 is 1.09 bits per heavy atom. The molecule has 11 heteroatoms. The van der Waals surface area contributed by atoms with Crippen molar-refractivity contribution < 1.29 is 46.4 Å². The van der Waals surface area contributed by atoms with Gasteiger partial charge in [-0.15, -0.1) is 0 Å². The van der Waals surface area contributed by atoms with Crippen LogP contribution in [0.5, 0.6) is 0 Å². The van der Waals surface area contributed by atoms with Gasteiger partial charge < -0.3 is 29.4 Å². The molecular weight excluding hydrogens is 418 g/mol. The van der Waals surface area contributed by atoms with E-state index in [1.807, 2.05) is 0 Å². The van der Waals surface area contributed by atoms with Crippen LogP contribution in [0.25, 0.3) is 0 Å². The average Bonchev–Trinajstić information content (AvgIpc) is 2.19. The molecule has 6 N–H and O–H groups in total. The Morgan fingerprint density at radius 3 is 1.27 bits per heavy atom. The van der Waals surface area contributed by atoms with E-state index in [1.165, 1.54) is 19.3 Å². The van der Waals surface area contributed by atoms with Gasteiger partial charge in [-0.1, -0.05) is 53.9 Å². The van der Waals surface area contributed by atoms with E-state index in [4.69, 9.17) is 29.4 Å². The van der Waals surface area contributed by atoms with Gasteiger partial charge in [-0.05, 0) is 41.4 Å². The summed E-state index contributed by atoms with van der Waals surface area (Å²) < 4.78 is 0. The Bertz CT molecular complexity index is 298. The molecule has 0 saturated heterocycles. The van der Waals surface area contributed by atoms with Crippen molar-refractivity contribution in [3.63, 3.8) is 0 Å². The van der Waals surface area contributed by atoms with E-state index in [-0.39, 0.29) is 17.1 Å². The van der Waals surface area contributed by atoms with Crippen LogP contribution in [0.2, 0.25) is 0 Å². The molecule has 143 valence electrons. The Balaban J connectivity index is -0.000000124. The summed E-state index contributed by atoms with van der Waals surface area (Å²) in [5, 5.41) is 0. The first-order valence-electron chi connectivity index (χ1n) is 6.66. The van der Waals surface area contributed by atoms with Gasteiger partial charge >= 0.3 is 13.4 Å². The van der Waals surface area contributed by atoms with Crippen LogP contribution in [0.15, 0.2) is 0 Å². The molecule has 2 atom stereocenters. The molecule has 2 unspecified atom stereocenters. The monoisotopic (exact) mass is 447 g/mol.